The molecule has 1 unspecified atom stereocenters. The molecule has 19 heavy (non-hydrogen) atoms. The van der Waals surface area contributed by atoms with Gasteiger partial charge in [-0.25, -0.2) is 0 Å². The summed E-state index contributed by atoms with van der Waals surface area (Å²) >= 11 is 0. The van der Waals surface area contributed by atoms with E-state index in [0.717, 1.165) is 39.1 Å². The van der Waals surface area contributed by atoms with Crippen LogP contribution in [0.1, 0.15) is 26.7 Å². The summed E-state index contributed by atoms with van der Waals surface area (Å²) in [5.41, 5.74) is 5.79. The molecule has 0 aromatic heterocycles. The maximum Gasteiger partial charge on any atom is 0.0638 e. The molecule has 5 heteroatoms. The van der Waals surface area contributed by atoms with Crippen LogP contribution in [0.5, 0.6) is 0 Å². The molecule has 0 aromatic carbocycles. The second-order valence-corrected chi connectivity index (χ2v) is 5.43. The van der Waals surface area contributed by atoms with Gasteiger partial charge in [0.05, 0.1) is 12.2 Å². The normalized spacial score (nSPS) is 14.1. The summed E-state index contributed by atoms with van der Waals surface area (Å²) in [6, 6.07) is 0.307. The molecule has 0 spiro atoms. The molecule has 0 heterocycles. The van der Waals surface area contributed by atoms with Gasteiger partial charge in [0.15, 0.2) is 0 Å². The second-order valence-electron chi connectivity index (χ2n) is 5.43. The van der Waals surface area contributed by atoms with Crippen molar-refractivity contribution in [1.29, 1.82) is 0 Å². The minimum Gasteiger partial charge on any atom is -0.385 e. The van der Waals surface area contributed by atoms with E-state index in [0.29, 0.717) is 12.6 Å². The summed E-state index contributed by atoms with van der Waals surface area (Å²) in [5, 5.41) is 0. The van der Waals surface area contributed by atoms with Crippen LogP contribution < -0.4 is 5.73 Å². The predicted octanol–water partition coefficient (Wildman–Crippen LogP) is 1.11. The Balaban J connectivity index is 4.47. The standard InChI is InChI=1S/C14H32N2O3/c1-14(2,19-5)11-13(12-15)16(8-10-18-4)7-6-9-17-3/h13H,6-12,15H2,1-5H3. The van der Waals surface area contributed by atoms with Crippen LogP contribution >= 0.6 is 0 Å². The van der Waals surface area contributed by atoms with E-state index >= 15 is 0 Å². The zero-order valence-electron chi connectivity index (χ0n) is 13.3. The summed E-state index contributed by atoms with van der Waals surface area (Å²) < 4.78 is 15.8. The summed E-state index contributed by atoms with van der Waals surface area (Å²) in [6.07, 6.45) is 1.92. The zero-order valence-corrected chi connectivity index (χ0v) is 13.3. The largest absolute Gasteiger partial charge is 0.385 e. The minimum atomic E-state index is -0.156. The number of ether oxygens (including phenoxy) is 3. The average Bonchev–Trinajstić information content (AvgIpc) is 2.40. The lowest BCUT2D eigenvalue weighted by Crippen LogP contribution is -2.47. The molecule has 1 atom stereocenters. The number of methoxy groups -OCH3 is 3. The van der Waals surface area contributed by atoms with Crippen LogP contribution in [0.25, 0.3) is 0 Å². The fourth-order valence-corrected chi connectivity index (χ4v) is 2.11. The number of nitrogens with two attached hydrogens (primary N) is 1. The Labute approximate surface area is 118 Å². The Kier molecular flexibility index (Phi) is 10.5. The van der Waals surface area contributed by atoms with Crippen molar-refractivity contribution >= 4 is 0 Å². The van der Waals surface area contributed by atoms with Crippen molar-refractivity contribution in [2.24, 2.45) is 5.73 Å². The Morgan fingerprint density at radius 1 is 1.05 bits per heavy atom. The van der Waals surface area contributed by atoms with E-state index in [1.54, 1.807) is 21.3 Å². The maximum atomic E-state index is 5.94. The van der Waals surface area contributed by atoms with Crippen LogP contribution in [-0.4, -0.2) is 70.7 Å². The van der Waals surface area contributed by atoms with Gasteiger partial charge in [-0.15, -0.1) is 0 Å². The first-order valence-electron chi connectivity index (χ1n) is 6.98. The highest BCUT2D eigenvalue weighted by atomic mass is 16.5. The van der Waals surface area contributed by atoms with Crippen molar-refractivity contribution in [3.05, 3.63) is 0 Å². The van der Waals surface area contributed by atoms with E-state index in [1.807, 2.05) is 0 Å². The molecule has 0 bridgehead atoms. The highest BCUT2D eigenvalue weighted by molar-refractivity contribution is 4.81. The van der Waals surface area contributed by atoms with Gasteiger partial charge in [0.2, 0.25) is 0 Å². The van der Waals surface area contributed by atoms with Gasteiger partial charge >= 0.3 is 0 Å². The van der Waals surface area contributed by atoms with E-state index in [4.69, 9.17) is 19.9 Å². The van der Waals surface area contributed by atoms with Crippen molar-refractivity contribution in [2.75, 3.05) is 54.2 Å². The minimum absolute atomic E-state index is 0.156. The van der Waals surface area contributed by atoms with Crippen molar-refractivity contribution in [3.63, 3.8) is 0 Å². The fourth-order valence-electron chi connectivity index (χ4n) is 2.11. The third-order valence-electron chi connectivity index (χ3n) is 3.44. The van der Waals surface area contributed by atoms with Crippen LogP contribution in [0.2, 0.25) is 0 Å². The summed E-state index contributed by atoms with van der Waals surface area (Å²) in [6.45, 7) is 8.17. The lowest BCUT2D eigenvalue weighted by molar-refractivity contribution is -0.0114. The highest BCUT2D eigenvalue weighted by Gasteiger charge is 2.26. The SMILES string of the molecule is COCCCN(CCOC)C(CN)CC(C)(C)OC. The lowest BCUT2D eigenvalue weighted by atomic mass is 9.97. The molecule has 0 radical (unpaired) electrons. The Morgan fingerprint density at radius 2 is 1.68 bits per heavy atom. The third kappa shape index (κ3) is 8.55. The quantitative estimate of drug-likeness (QED) is 0.541. The number of hydrogen-bond donors (Lipinski definition) is 1. The van der Waals surface area contributed by atoms with Crippen LogP contribution in [0, 0.1) is 0 Å². The van der Waals surface area contributed by atoms with Gasteiger partial charge < -0.3 is 19.9 Å². The number of nitrogens with zero attached hydrogens (tertiary/aromatic N) is 1. The Hall–Kier alpha value is -0.200. The van der Waals surface area contributed by atoms with E-state index < -0.39 is 0 Å². The lowest BCUT2D eigenvalue weighted by Gasteiger charge is -2.36. The number of rotatable bonds is 12. The van der Waals surface area contributed by atoms with Crippen LogP contribution in [0.3, 0.4) is 0 Å². The molecule has 0 aliphatic heterocycles. The van der Waals surface area contributed by atoms with Crippen molar-refractivity contribution in [3.8, 4) is 0 Å². The van der Waals surface area contributed by atoms with Gasteiger partial charge in [-0.05, 0) is 26.7 Å². The van der Waals surface area contributed by atoms with Crippen molar-refractivity contribution in [2.45, 2.75) is 38.3 Å². The predicted molar refractivity (Wildman–Crippen MR) is 78.5 cm³/mol. The van der Waals surface area contributed by atoms with Gasteiger partial charge in [-0.3, -0.25) is 4.90 Å². The molecule has 0 saturated carbocycles. The van der Waals surface area contributed by atoms with Gasteiger partial charge in [0, 0.05) is 53.6 Å². The summed E-state index contributed by atoms with van der Waals surface area (Å²) in [7, 11) is 5.20. The van der Waals surface area contributed by atoms with Crippen LogP contribution in [0.15, 0.2) is 0 Å². The highest BCUT2D eigenvalue weighted by Crippen LogP contribution is 2.19. The first-order valence-corrected chi connectivity index (χ1v) is 6.98. The van der Waals surface area contributed by atoms with E-state index in [1.165, 1.54) is 0 Å². The van der Waals surface area contributed by atoms with E-state index in [-0.39, 0.29) is 5.60 Å². The molecule has 5 nitrogen and oxygen atoms in total. The van der Waals surface area contributed by atoms with E-state index in [9.17, 15) is 0 Å². The topological polar surface area (TPSA) is 57.0 Å². The monoisotopic (exact) mass is 276 g/mol. The van der Waals surface area contributed by atoms with Gasteiger partial charge in [-0.1, -0.05) is 0 Å². The van der Waals surface area contributed by atoms with Gasteiger partial charge in [0.25, 0.3) is 0 Å². The fraction of sp³-hybridized carbons (Fsp3) is 1.00. The van der Waals surface area contributed by atoms with Gasteiger partial charge in [0.1, 0.15) is 0 Å². The van der Waals surface area contributed by atoms with Crippen molar-refractivity contribution in [1.82, 2.24) is 4.90 Å². The smallest absolute Gasteiger partial charge is 0.0638 e. The zero-order chi connectivity index (χ0) is 14.7. The Bertz CT molecular complexity index is 213. The van der Waals surface area contributed by atoms with Gasteiger partial charge in [-0.2, -0.15) is 0 Å². The molecule has 0 amide bonds. The molecule has 0 aliphatic carbocycles. The molecule has 0 aliphatic rings. The first-order chi connectivity index (χ1) is 9.00. The van der Waals surface area contributed by atoms with Crippen molar-refractivity contribution < 1.29 is 14.2 Å². The second kappa shape index (κ2) is 10.6. The summed E-state index contributed by atoms with van der Waals surface area (Å²) in [4.78, 5) is 2.38. The molecule has 116 valence electrons. The molecule has 2 N–H and O–H groups in total. The molecule has 0 saturated heterocycles. The molecular weight excluding hydrogens is 244 g/mol. The summed E-state index contributed by atoms with van der Waals surface area (Å²) in [5.74, 6) is 0. The van der Waals surface area contributed by atoms with Crippen LogP contribution in [-0.2, 0) is 14.2 Å². The number of hydrogen-bond acceptors (Lipinski definition) is 5. The van der Waals surface area contributed by atoms with E-state index in [2.05, 4.69) is 18.7 Å². The molecule has 0 aromatic rings. The molecule has 0 rings (SSSR count). The Morgan fingerprint density at radius 3 is 2.16 bits per heavy atom. The third-order valence-corrected chi connectivity index (χ3v) is 3.44. The first kappa shape index (κ1) is 18.8. The maximum absolute atomic E-state index is 5.94. The molecular formula is C14H32N2O3. The molecule has 0 fully saturated rings. The van der Waals surface area contributed by atoms with Crippen LogP contribution in [0.4, 0.5) is 0 Å². The average molecular weight is 276 g/mol.